The summed E-state index contributed by atoms with van der Waals surface area (Å²) in [7, 11) is 0. The molecule has 1 aromatic rings. The third kappa shape index (κ3) is 4.31. The van der Waals surface area contributed by atoms with Crippen LogP contribution in [0, 0.1) is 0 Å². The topological polar surface area (TPSA) is 63.6 Å². The fourth-order valence-electron chi connectivity index (χ4n) is 1.09. The highest BCUT2D eigenvalue weighted by atomic mass is 35.5. The zero-order valence-electron chi connectivity index (χ0n) is 8.48. The molecular formula is C11H11ClO4. The van der Waals surface area contributed by atoms with Gasteiger partial charge < -0.3 is 9.84 Å². The molecule has 0 aliphatic rings. The Morgan fingerprint density at radius 3 is 2.75 bits per heavy atom. The van der Waals surface area contributed by atoms with Gasteiger partial charge in [0.2, 0.25) is 0 Å². The van der Waals surface area contributed by atoms with Crippen LogP contribution in [0.25, 0.3) is 0 Å². The Balaban J connectivity index is 2.38. The van der Waals surface area contributed by atoms with E-state index in [1.807, 2.05) is 0 Å². The van der Waals surface area contributed by atoms with Gasteiger partial charge >= 0.3 is 11.9 Å². The summed E-state index contributed by atoms with van der Waals surface area (Å²) < 4.78 is 4.87. The molecule has 0 heterocycles. The molecule has 0 amide bonds. The maximum Gasteiger partial charge on any atom is 0.338 e. The first kappa shape index (κ1) is 12.5. The fourth-order valence-corrected chi connectivity index (χ4v) is 1.28. The number of carbonyl (C=O) groups is 2. The van der Waals surface area contributed by atoms with Gasteiger partial charge in [0.05, 0.1) is 12.2 Å². The SMILES string of the molecule is O=C(O)CCCOC(=O)c1cccc(Cl)c1. The van der Waals surface area contributed by atoms with Crippen LogP contribution in [0.5, 0.6) is 0 Å². The van der Waals surface area contributed by atoms with Crippen LogP contribution in [-0.2, 0) is 9.53 Å². The second-order valence-corrected chi connectivity index (χ2v) is 3.58. The molecule has 16 heavy (non-hydrogen) atoms. The second-order valence-electron chi connectivity index (χ2n) is 3.14. The monoisotopic (exact) mass is 242 g/mol. The lowest BCUT2D eigenvalue weighted by Crippen LogP contribution is -2.07. The molecule has 1 N–H and O–H groups in total. The van der Waals surface area contributed by atoms with Crippen molar-refractivity contribution in [3.8, 4) is 0 Å². The Morgan fingerprint density at radius 2 is 2.12 bits per heavy atom. The second kappa shape index (κ2) is 6.12. The molecule has 1 rings (SSSR count). The molecule has 0 aliphatic heterocycles. The molecule has 86 valence electrons. The van der Waals surface area contributed by atoms with Crippen LogP contribution >= 0.6 is 11.6 Å². The van der Waals surface area contributed by atoms with Gasteiger partial charge in [0.1, 0.15) is 0 Å². The van der Waals surface area contributed by atoms with Gasteiger partial charge in [0.15, 0.2) is 0 Å². The van der Waals surface area contributed by atoms with Crippen molar-refractivity contribution in [1.29, 1.82) is 0 Å². The quantitative estimate of drug-likeness (QED) is 0.636. The molecule has 0 radical (unpaired) electrons. The van der Waals surface area contributed by atoms with Gasteiger partial charge in [-0.25, -0.2) is 4.79 Å². The number of carboxylic acid groups (broad SMARTS) is 1. The van der Waals surface area contributed by atoms with E-state index in [4.69, 9.17) is 21.4 Å². The van der Waals surface area contributed by atoms with Crippen LogP contribution in [0.2, 0.25) is 5.02 Å². The number of hydrogen-bond acceptors (Lipinski definition) is 3. The number of esters is 1. The van der Waals surface area contributed by atoms with Crippen LogP contribution in [-0.4, -0.2) is 23.7 Å². The van der Waals surface area contributed by atoms with Gasteiger partial charge in [0.25, 0.3) is 0 Å². The molecule has 0 bridgehead atoms. The lowest BCUT2D eigenvalue weighted by Gasteiger charge is -2.03. The maximum absolute atomic E-state index is 11.4. The first-order chi connectivity index (χ1) is 7.59. The number of carbonyl (C=O) groups excluding carboxylic acids is 1. The standard InChI is InChI=1S/C11H11ClO4/c12-9-4-1-3-8(7-9)11(15)16-6-2-5-10(13)14/h1,3-4,7H,2,5-6H2,(H,13,14). The summed E-state index contributed by atoms with van der Waals surface area (Å²) in [5, 5.41) is 8.83. The Labute approximate surface area is 97.8 Å². The number of ether oxygens (including phenoxy) is 1. The number of aliphatic carboxylic acids is 1. The van der Waals surface area contributed by atoms with Crippen molar-refractivity contribution >= 4 is 23.5 Å². The molecule has 0 aliphatic carbocycles. The van der Waals surface area contributed by atoms with Crippen LogP contribution < -0.4 is 0 Å². The van der Waals surface area contributed by atoms with Crippen LogP contribution in [0.15, 0.2) is 24.3 Å². The lowest BCUT2D eigenvalue weighted by atomic mass is 10.2. The predicted molar refractivity (Wildman–Crippen MR) is 58.6 cm³/mol. The van der Waals surface area contributed by atoms with E-state index in [1.165, 1.54) is 6.07 Å². The van der Waals surface area contributed by atoms with Crippen LogP contribution in [0.3, 0.4) is 0 Å². The Hall–Kier alpha value is -1.55. The number of halogens is 1. The van der Waals surface area contributed by atoms with Crippen LogP contribution in [0.4, 0.5) is 0 Å². The van der Waals surface area contributed by atoms with Gasteiger partial charge in [-0.3, -0.25) is 4.79 Å². The zero-order valence-corrected chi connectivity index (χ0v) is 9.24. The molecule has 0 fully saturated rings. The normalized spacial score (nSPS) is 9.81. The van der Waals surface area contributed by atoms with Crippen molar-refractivity contribution in [1.82, 2.24) is 0 Å². The van der Waals surface area contributed by atoms with Crippen molar-refractivity contribution in [3.63, 3.8) is 0 Å². The van der Waals surface area contributed by atoms with Crippen molar-refractivity contribution in [2.45, 2.75) is 12.8 Å². The highest BCUT2D eigenvalue weighted by molar-refractivity contribution is 6.30. The van der Waals surface area contributed by atoms with E-state index in [1.54, 1.807) is 18.2 Å². The van der Waals surface area contributed by atoms with E-state index in [-0.39, 0.29) is 13.0 Å². The summed E-state index contributed by atoms with van der Waals surface area (Å²) in [6, 6.07) is 6.39. The third-order valence-corrected chi connectivity index (χ3v) is 2.06. The molecule has 0 aromatic heterocycles. The number of hydrogen-bond donors (Lipinski definition) is 1. The number of rotatable bonds is 5. The van der Waals surface area contributed by atoms with Crippen molar-refractivity contribution in [2.24, 2.45) is 0 Å². The highest BCUT2D eigenvalue weighted by Crippen LogP contribution is 2.11. The van der Waals surface area contributed by atoms with E-state index in [2.05, 4.69) is 0 Å². The summed E-state index contributed by atoms with van der Waals surface area (Å²) in [5.41, 5.74) is 0.364. The molecule has 5 heteroatoms. The van der Waals surface area contributed by atoms with Gasteiger partial charge in [-0.15, -0.1) is 0 Å². The largest absolute Gasteiger partial charge is 0.481 e. The molecule has 0 saturated carbocycles. The molecule has 0 atom stereocenters. The smallest absolute Gasteiger partial charge is 0.338 e. The fraction of sp³-hybridized carbons (Fsp3) is 0.273. The van der Waals surface area contributed by atoms with Gasteiger partial charge in [-0.1, -0.05) is 17.7 Å². The average molecular weight is 243 g/mol. The lowest BCUT2D eigenvalue weighted by molar-refractivity contribution is -0.137. The summed E-state index contributed by atoms with van der Waals surface area (Å²) in [4.78, 5) is 21.6. The summed E-state index contributed by atoms with van der Waals surface area (Å²) in [6.45, 7) is 0.0949. The van der Waals surface area contributed by atoms with Crippen molar-refractivity contribution < 1.29 is 19.4 Å². The minimum Gasteiger partial charge on any atom is -0.481 e. The van der Waals surface area contributed by atoms with Crippen molar-refractivity contribution in [2.75, 3.05) is 6.61 Å². The average Bonchev–Trinajstić information content (AvgIpc) is 2.24. The summed E-state index contributed by atoms with van der Waals surface area (Å²) in [6.07, 6.45) is 0.296. The van der Waals surface area contributed by atoms with E-state index in [0.717, 1.165) is 0 Å². The van der Waals surface area contributed by atoms with Gasteiger partial charge in [0, 0.05) is 11.4 Å². The third-order valence-electron chi connectivity index (χ3n) is 1.83. The van der Waals surface area contributed by atoms with E-state index >= 15 is 0 Å². The first-order valence-electron chi connectivity index (χ1n) is 4.74. The molecule has 4 nitrogen and oxygen atoms in total. The van der Waals surface area contributed by atoms with E-state index < -0.39 is 11.9 Å². The van der Waals surface area contributed by atoms with Gasteiger partial charge in [-0.2, -0.15) is 0 Å². The minimum atomic E-state index is -0.904. The molecule has 1 aromatic carbocycles. The summed E-state index contributed by atoms with van der Waals surface area (Å²) >= 11 is 5.71. The molecule has 0 saturated heterocycles. The Bertz CT molecular complexity index is 389. The van der Waals surface area contributed by atoms with E-state index in [0.29, 0.717) is 17.0 Å². The molecule has 0 spiro atoms. The van der Waals surface area contributed by atoms with Gasteiger partial charge in [-0.05, 0) is 24.6 Å². The minimum absolute atomic E-state index is 0.0111. The first-order valence-corrected chi connectivity index (χ1v) is 5.12. The molecule has 0 unspecified atom stereocenters. The number of carboxylic acids is 1. The zero-order chi connectivity index (χ0) is 12.0. The number of benzene rings is 1. The maximum atomic E-state index is 11.4. The van der Waals surface area contributed by atoms with Crippen LogP contribution in [0.1, 0.15) is 23.2 Å². The van der Waals surface area contributed by atoms with Crippen molar-refractivity contribution in [3.05, 3.63) is 34.9 Å². The summed E-state index contributed by atoms with van der Waals surface area (Å²) in [5.74, 6) is -1.40. The highest BCUT2D eigenvalue weighted by Gasteiger charge is 2.07. The molecular weight excluding hydrogens is 232 g/mol. The van der Waals surface area contributed by atoms with E-state index in [9.17, 15) is 9.59 Å². The predicted octanol–water partition coefficient (Wildman–Crippen LogP) is 2.36. The Morgan fingerprint density at radius 1 is 1.38 bits per heavy atom. The Kier molecular flexibility index (Phi) is 4.79.